The van der Waals surface area contributed by atoms with Gasteiger partial charge in [0.1, 0.15) is 5.82 Å². The molecular formula is C17H17ClFN. The lowest BCUT2D eigenvalue weighted by atomic mass is 9.84. The van der Waals surface area contributed by atoms with Crippen LogP contribution in [0.15, 0.2) is 42.5 Å². The Hall–Kier alpha value is -1.38. The van der Waals surface area contributed by atoms with E-state index in [4.69, 9.17) is 17.3 Å². The summed E-state index contributed by atoms with van der Waals surface area (Å²) in [5.41, 5.74) is 9.10. The molecule has 0 aromatic heterocycles. The van der Waals surface area contributed by atoms with Crippen molar-refractivity contribution in [3.8, 4) is 0 Å². The maximum atomic E-state index is 13.5. The van der Waals surface area contributed by atoms with Crippen molar-refractivity contribution in [3.05, 3.63) is 70.0 Å². The second-order valence-corrected chi connectivity index (χ2v) is 6.03. The molecule has 0 radical (unpaired) electrons. The van der Waals surface area contributed by atoms with Crippen molar-refractivity contribution in [1.82, 2.24) is 0 Å². The Kier molecular flexibility index (Phi) is 3.31. The lowest BCUT2D eigenvalue weighted by Gasteiger charge is -2.25. The lowest BCUT2D eigenvalue weighted by Crippen LogP contribution is -2.26. The van der Waals surface area contributed by atoms with E-state index in [1.54, 1.807) is 13.0 Å². The molecule has 20 heavy (non-hydrogen) atoms. The summed E-state index contributed by atoms with van der Waals surface area (Å²) in [7, 11) is 0. The van der Waals surface area contributed by atoms with Gasteiger partial charge in [-0.05, 0) is 42.5 Å². The van der Waals surface area contributed by atoms with Crippen LogP contribution in [-0.2, 0) is 5.41 Å². The van der Waals surface area contributed by atoms with Crippen molar-refractivity contribution < 1.29 is 4.39 Å². The number of aryl methyl sites for hydroxylation is 1. The standard InChI is InChI=1S/C17H17ClFN/c1-11-9-13(14(18)10-15(11)19)16(20)17(7-8-17)12-5-3-2-4-6-12/h2-6,9-10,16H,7-8,20H2,1H3. The zero-order valence-electron chi connectivity index (χ0n) is 11.4. The summed E-state index contributed by atoms with van der Waals surface area (Å²) in [5, 5.41) is 0.419. The molecule has 1 aliphatic carbocycles. The van der Waals surface area contributed by atoms with E-state index in [9.17, 15) is 4.39 Å². The summed E-state index contributed by atoms with van der Waals surface area (Å²) in [4.78, 5) is 0. The number of hydrogen-bond acceptors (Lipinski definition) is 1. The molecule has 2 aromatic carbocycles. The van der Waals surface area contributed by atoms with Gasteiger partial charge in [-0.15, -0.1) is 0 Å². The average Bonchev–Trinajstić information content (AvgIpc) is 3.25. The van der Waals surface area contributed by atoms with Crippen LogP contribution >= 0.6 is 11.6 Å². The van der Waals surface area contributed by atoms with Crippen LogP contribution in [0.2, 0.25) is 5.02 Å². The maximum Gasteiger partial charge on any atom is 0.127 e. The average molecular weight is 290 g/mol. The summed E-state index contributed by atoms with van der Waals surface area (Å²) in [5.74, 6) is -0.282. The van der Waals surface area contributed by atoms with Gasteiger partial charge in [0.2, 0.25) is 0 Å². The summed E-state index contributed by atoms with van der Waals surface area (Å²) < 4.78 is 13.5. The van der Waals surface area contributed by atoms with E-state index in [0.717, 1.165) is 18.4 Å². The third-order valence-corrected chi connectivity index (χ3v) is 4.67. The first-order chi connectivity index (χ1) is 9.54. The highest BCUT2D eigenvalue weighted by Crippen LogP contribution is 2.56. The van der Waals surface area contributed by atoms with Crippen molar-refractivity contribution in [3.63, 3.8) is 0 Å². The predicted octanol–water partition coefficient (Wildman–Crippen LogP) is 4.52. The van der Waals surface area contributed by atoms with Crippen molar-refractivity contribution in [2.45, 2.75) is 31.2 Å². The Morgan fingerprint density at radius 1 is 1.20 bits per heavy atom. The third kappa shape index (κ3) is 2.13. The molecule has 3 heteroatoms. The van der Waals surface area contributed by atoms with Crippen LogP contribution in [-0.4, -0.2) is 0 Å². The van der Waals surface area contributed by atoms with Gasteiger partial charge in [0.05, 0.1) is 0 Å². The van der Waals surface area contributed by atoms with Gasteiger partial charge in [-0.25, -0.2) is 4.39 Å². The van der Waals surface area contributed by atoms with E-state index in [1.807, 2.05) is 18.2 Å². The van der Waals surface area contributed by atoms with Gasteiger partial charge >= 0.3 is 0 Å². The van der Waals surface area contributed by atoms with Crippen molar-refractivity contribution in [2.24, 2.45) is 5.73 Å². The van der Waals surface area contributed by atoms with Crippen LogP contribution in [0.1, 0.15) is 35.6 Å². The highest BCUT2D eigenvalue weighted by Gasteiger charge is 2.50. The molecule has 0 spiro atoms. The largest absolute Gasteiger partial charge is 0.323 e. The van der Waals surface area contributed by atoms with E-state index >= 15 is 0 Å². The first-order valence-corrected chi connectivity index (χ1v) is 7.19. The normalized spacial score (nSPS) is 17.8. The molecule has 1 aliphatic rings. The summed E-state index contributed by atoms with van der Waals surface area (Å²) in [6.07, 6.45) is 2.09. The monoisotopic (exact) mass is 289 g/mol. The number of benzene rings is 2. The minimum Gasteiger partial charge on any atom is -0.323 e. The van der Waals surface area contributed by atoms with Gasteiger partial charge < -0.3 is 5.73 Å². The lowest BCUT2D eigenvalue weighted by molar-refractivity contribution is 0.538. The van der Waals surface area contributed by atoms with Crippen molar-refractivity contribution in [2.75, 3.05) is 0 Å². The molecule has 0 bridgehead atoms. The van der Waals surface area contributed by atoms with Crippen LogP contribution in [0, 0.1) is 12.7 Å². The van der Waals surface area contributed by atoms with Gasteiger partial charge in [0.25, 0.3) is 0 Å². The topological polar surface area (TPSA) is 26.0 Å². The smallest absolute Gasteiger partial charge is 0.127 e. The Morgan fingerprint density at radius 3 is 2.45 bits per heavy atom. The SMILES string of the molecule is Cc1cc(C(N)C2(c3ccccc3)CC2)c(Cl)cc1F. The van der Waals surface area contributed by atoms with Crippen LogP contribution < -0.4 is 5.73 Å². The van der Waals surface area contributed by atoms with Crippen molar-refractivity contribution in [1.29, 1.82) is 0 Å². The van der Waals surface area contributed by atoms with Gasteiger partial charge in [-0.1, -0.05) is 48.0 Å². The number of hydrogen-bond donors (Lipinski definition) is 1. The summed E-state index contributed by atoms with van der Waals surface area (Å²) >= 11 is 6.20. The summed E-state index contributed by atoms with van der Waals surface area (Å²) in [6.45, 7) is 1.74. The first kappa shape index (κ1) is 13.6. The fourth-order valence-corrected chi connectivity index (χ4v) is 3.17. The molecule has 0 amide bonds. The molecule has 1 fully saturated rings. The second kappa shape index (κ2) is 4.87. The van der Waals surface area contributed by atoms with Crippen LogP contribution in [0.25, 0.3) is 0 Å². The Bertz CT molecular complexity index is 635. The van der Waals surface area contributed by atoms with Crippen LogP contribution in [0.5, 0.6) is 0 Å². The minimum absolute atomic E-state index is 0.0465. The molecule has 1 unspecified atom stereocenters. The van der Waals surface area contributed by atoms with Gasteiger partial charge in [0.15, 0.2) is 0 Å². The summed E-state index contributed by atoms with van der Waals surface area (Å²) in [6, 6.07) is 13.2. The zero-order valence-corrected chi connectivity index (χ0v) is 12.1. The Balaban J connectivity index is 2.01. The van der Waals surface area contributed by atoms with Crippen LogP contribution in [0.3, 0.4) is 0 Å². The van der Waals surface area contributed by atoms with E-state index in [0.29, 0.717) is 10.6 Å². The maximum absolute atomic E-state index is 13.5. The second-order valence-electron chi connectivity index (χ2n) is 5.62. The number of rotatable bonds is 3. The molecule has 3 rings (SSSR count). The fourth-order valence-electron chi connectivity index (χ4n) is 2.90. The Morgan fingerprint density at radius 2 is 1.85 bits per heavy atom. The van der Waals surface area contributed by atoms with E-state index < -0.39 is 0 Å². The Labute approximate surface area is 123 Å². The minimum atomic E-state index is -0.282. The molecule has 1 nitrogen and oxygen atoms in total. The molecule has 1 saturated carbocycles. The third-order valence-electron chi connectivity index (χ3n) is 4.35. The highest BCUT2D eigenvalue weighted by atomic mass is 35.5. The molecule has 104 valence electrons. The molecule has 0 aliphatic heterocycles. The molecule has 2 N–H and O–H groups in total. The molecular weight excluding hydrogens is 273 g/mol. The van der Waals surface area contributed by atoms with Gasteiger partial charge in [0, 0.05) is 16.5 Å². The van der Waals surface area contributed by atoms with E-state index in [2.05, 4.69) is 12.1 Å². The molecule has 0 heterocycles. The molecule has 1 atom stereocenters. The zero-order chi connectivity index (χ0) is 14.3. The quantitative estimate of drug-likeness (QED) is 0.883. The number of nitrogens with two attached hydrogens (primary N) is 1. The van der Waals surface area contributed by atoms with Gasteiger partial charge in [-0.3, -0.25) is 0 Å². The predicted molar refractivity (Wildman–Crippen MR) is 80.4 cm³/mol. The van der Waals surface area contributed by atoms with Crippen molar-refractivity contribution >= 4 is 11.6 Å². The molecule has 2 aromatic rings. The number of halogens is 2. The first-order valence-electron chi connectivity index (χ1n) is 6.81. The van der Waals surface area contributed by atoms with Crippen LogP contribution in [0.4, 0.5) is 4.39 Å². The highest BCUT2D eigenvalue weighted by molar-refractivity contribution is 6.31. The molecule has 0 saturated heterocycles. The van der Waals surface area contributed by atoms with Gasteiger partial charge in [-0.2, -0.15) is 0 Å². The van der Waals surface area contributed by atoms with E-state index in [1.165, 1.54) is 11.6 Å². The van der Waals surface area contributed by atoms with E-state index in [-0.39, 0.29) is 17.3 Å². The fraction of sp³-hybridized carbons (Fsp3) is 0.294.